The van der Waals surface area contributed by atoms with Gasteiger partial charge in [-0.05, 0) is 32.0 Å². The van der Waals surface area contributed by atoms with E-state index in [0.717, 1.165) is 22.6 Å². The van der Waals surface area contributed by atoms with Crippen LogP contribution in [0.1, 0.15) is 26.0 Å². The van der Waals surface area contributed by atoms with Crippen molar-refractivity contribution < 1.29 is 17.9 Å². The number of anilines is 1. The number of nitrogens with one attached hydrogen (secondary N) is 1. The third-order valence-corrected chi connectivity index (χ3v) is 7.28. The fraction of sp³-hybridized carbons (Fsp3) is 0.458. The SMILES string of the molecule is CC(C)(F)CNc1ncc2c(-c3ccc4ncc(C(F)F)n4c3)cn(COCC[Si](C)(C)C)c2n1. The topological polar surface area (TPSA) is 69.3 Å². The van der Waals surface area contributed by atoms with Gasteiger partial charge in [-0.1, -0.05) is 19.6 Å². The first-order chi connectivity index (χ1) is 16.4. The molecule has 0 fully saturated rings. The van der Waals surface area contributed by atoms with Crippen LogP contribution in [0.5, 0.6) is 0 Å². The Bertz CT molecular complexity index is 1320. The Morgan fingerprint density at radius 2 is 1.89 bits per heavy atom. The Balaban J connectivity index is 1.72. The van der Waals surface area contributed by atoms with Gasteiger partial charge < -0.3 is 14.6 Å². The van der Waals surface area contributed by atoms with Crippen molar-refractivity contribution in [3.63, 3.8) is 0 Å². The fourth-order valence-corrected chi connectivity index (χ4v) is 4.39. The van der Waals surface area contributed by atoms with Gasteiger partial charge in [0.15, 0.2) is 0 Å². The van der Waals surface area contributed by atoms with Crippen molar-refractivity contribution in [2.75, 3.05) is 18.5 Å². The van der Waals surface area contributed by atoms with Gasteiger partial charge in [0.25, 0.3) is 6.43 Å². The first-order valence-corrected chi connectivity index (χ1v) is 15.2. The highest BCUT2D eigenvalue weighted by Crippen LogP contribution is 2.31. The van der Waals surface area contributed by atoms with E-state index in [2.05, 4.69) is 39.9 Å². The standard InChI is InChI=1S/C24H31F3N6OSi/c1-24(2,27)14-30-23-29-10-17-18(13-32(22(17)31-23)15-34-8-9-35(3,4)5)16-6-7-20-28-11-19(21(25)26)33(20)12-16/h6-7,10-13,21H,8-9,14-15H2,1-5H3,(H,29,30,31). The quantitative estimate of drug-likeness (QED) is 0.207. The maximum absolute atomic E-state index is 14.0. The fourth-order valence-electron chi connectivity index (χ4n) is 3.63. The smallest absolute Gasteiger partial charge is 0.280 e. The second-order valence-electron chi connectivity index (χ2n) is 10.5. The van der Waals surface area contributed by atoms with E-state index >= 15 is 0 Å². The second kappa shape index (κ2) is 9.61. The Hall–Kier alpha value is -2.92. The minimum atomic E-state index is -2.64. The van der Waals surface area contributed by atoms with Crippen molar-refractivity contribution in [2.24, 2.45) is 0 Å². The minimum absolute atomic E-state index is 0.0620. The van der Waals surface area contributed by atoms with E-state index < -0.39 is 20.2 Å². The maximum Gasteiger partial charge on any atom is 0.280 e. The number of fused-ring (bicyclic) bond motifs is 2. The first-order valence-electron chi connectivity index (χ1n) is 11.5. The summed E-state index contributed by atoms with van der Waals surface area (Å²) < 4.78 is 50.1. The second-order valence-corrected chi connectivity index (χ2v) is 16.1. The van der Waals surface area contributed by atoms with Gasteiger partial charge in [-0.2, -0.15) is 4.98 Å². The lowest BCUT2D eigenvalue weighted by atomic mass is 10.1. The zero-order valence-electron chi connectivity index (χ0n) is 20.6. The Kier molecular flexibility index (Phi) is 6.92. The number of ether oxygens (including phenoxy) is 1. The van der Waals surface area contributed by atoms with E-state index in [9.17, 15) is 13.2 Å². The molecule has 0 aliphatic heterocycles. The highest BCUT2D eigenvalue weighted by molar-refractivity contribution is 6.76. The molecule has 4 aromatic heterocycles. The summed E-state index contributed by atoms with van der Waals surface area (Å²) in [7, 11) is -1.24. The number of nitrogens with zero attached hydrogens (tertiary/aromatic N) is 5. The molecular formula is C24H31F3N6OSi. The Morgan fingerprint density at radius 3 is 2.57 bits per heavy atom. The summed E-state index contributed by atoms with van der Waals surface area (Å²) in [6.07, 6.45) is 3.74. The molecule has 0 spiro atoms. The number of halogens is 3. The molecule has 0 radical (unpaired) electrons. The van der Waals surface area contributed by atoms with E-state index in [1.54, 1.807) is 18.5 Å². The molecule has 0 aliphatic carbocycles. The highest BCUT2D eigenvalue weighted by Gasteiger charge is 2.19. The zero-order valence-corrected chi connectivity index (χ0v) is 21.6. The summed E-state index contributed by atoms with van der Waals surface area (Å²) in [6, 6.07) is 4.57. The molecule has 4 heterocycles. The molecule has 0 amide bonds. The molecule has 0 unspecified atom stereocenters. The highest BCUT2D eigenvalue weighted by atomic mass is 28.3. The average Bonchev–Trinajstić information content (AvgIpc) is 3.35. The van der Waals surface area contributed by atoms with E-state index in [0.29, 0.717) is 23.8 Å². The lowest BCUT2D eigenvalue weighted by Gasteiger charge is -2.16. The molecule has 0 atom stereocenters. The lowest BCUT2D eigenvalue weighted by Crippen LogP contribution is -2.25. The summed E-state index contributed by atoms with van der Waals surface area (Å²) >= 11 is 0. The molecule has 0 aromatic carbocycles. The normalized spacial score (nSPS) is 12.8. The van der Waals surface area contributed by atoms with Gasteiger partial charge in [0.2, 0.25) is 5.95 Å². The van der Waals surface area contributed by atoms with Crippen LogP contribution in [0.4, 0.5) is 19.1 Å². The van der Waals surface area contributed by atoms with Crippen LogP contribution in [0, 0.1) is 0 Å². The van der Waals surface area contributed by atoms with Crippen molar-refractivity contribution in [1.82, 2.24) is 23.9 Å². The van der Waals surface area contributed by atoms with Crippen LogP contribution in [-0.4, -0.2) is 50.8 Å². The number of imidazole rings is 1. The molecule has 0 saturated heterocycles. The number of hydrogen-bond acceptors (Lipinski definition) is 5. The van der Waals surface area contributed by atoms with E-state index in [4.69, 9.17) is 4.74 Å². The molecule has 0 aliphatic rings. The molecule has 7 nitrogen and oxygen atoms in total. The summed E-state index contributed by atoms with van der Waals surface area (Å²) in [5, 5.41) is 3.68. The monoisotopic (exact) mass is 504 g/mol. The predicted octanol–water partition coefficient (Wildman–Crippen LogP) is 6.16. The Labute approximate surface area is 203 Å². The number of alkyl halides is 3. The van der Waals surface area contributed by atoms with Crippen molar-refractivity contribution in [3.8, 4) is 11.1 Å². The molecule has 0 saturated carbocycles. The van der Waals surface area contributed by atoms with Gasteiger partial charge in [0.1, 0.15) is 29.4 Å². The number of aromatic nitrogens is 5. The third-order valence-electron chi connectivity index (χ3n) is 5.58. The summed E-state index contributed by atoms with van der Waals surface area (Å²) in [5.41, 5.74) is 0.964. The van der Waals surface area contributed by atoms with Crippen LogP contribution in [0.25, 0.3) is 27.8 Å². The number of hydrogen-bond donors (Lipinski definition) is 1. The molecule has 1 N–H and O–H groups in total. The van der Waals surface area contributed by atoms with Crippen LogP contribution >= 0.6 is 0 Å². The van der Waals surface area contributed by atoms with Gasteiger partial charge in [0.05, 0.1) is 12.7 Å². The predicted molar refractivity (Wildman–Crippen MR) is 134 cm³/mol. The molecule has 35 heavy (non-hydrogen) atoms. The van der Waals surface area contributed by atoms with Gasteiger partial charge in [0, 0.05) is 49.8 Å². The molecule has 0 bridgehead atoms. The van der Waals surface area contributed by atoms with E-state index in [1.165, 1.54) is 24.4 Å². The van der Waals surface area contributed by atoms with Crippen LogP contribution in [0.2, 0.25) is 25.7 Å². The average molecular weight is 505 g/mol. The van der Waals surface area contributed by atoms with Crippen LogP contribution in [0.3, 0.4) is 0 Å². The van der Waals surface area contributed by atoms with Crippen LogP contribution in [0.15, 0.2) is 36.9 Å². The Morgan fingerprint density at radius 1 is 1.11 bits per heavy atom. The number of rotatable bonds is 10. The lowest BCUT2D eigenvalue weighted by molar-refractivity contribution is 0.0899. The summed E-state index contributed by atoms with van der Waals surface area (Å²) in [6.45, 7) is 10.8. The third kappa shape index (κ3) is 6.02. The minimum Gasteiger partial charge on any atom is -0.361 e. The van der Waals surface area contributed by atoms with Gasteiger partial charge in [-0.25, -0.2) is 23.1 Å². The summed E-state index contributed by atoms with van der Waals surface area (Å²) in [4.78, 5) is 13.0. The van der Waals surface area contributed by atoms with Gasteiger partial charge >= 0.3 is 0 Å². The van der Waals surface area contributed by atoms with Gasteiger partial charge in [-0.3, -0.25) is 4.40 Å². The molecular weight excluding hydrogens is 473 g/mol. The van der Waals surface area contributed by atoms with Crippen LogP contribution in [-0.2, 0) is 11.5 Å². The zero-order chi connectivity index (χ0) is 25.4. The largest absolute Gasteiger partial charge is 0.361 e. The molecule has 188 valence electrons. The maximum atomic E-state index is 14.0. The van der Waals surface area contributed by atoms with Crippen molar-refractivity contribution in [3.05, 3.63) is 42.6 Å². The number of pyridine rings is 1. The van der Waals surface area contributed by atoms with Crippen LogP contribution < -0.4 is 5.32 Å². The molecule has 11 heteroatoms. The van der Waals surface area contributed by atoms with E-state index in [-0.39, 0.29) is 19.0 Å². The van der Waals surface area contributed by atoms with Crippen molar-refractivity contribution in [1.29, 1.82) is 0 Å². The van der Waals surface area contributed by atoms with E-state index in [1.807, 2.05) is 16.8 Å². The summed E-state index contributed by atoms with van der Waals surface area (Å²) in [5.74, 6) is 0.307. The first kappa shape index (κ1) is 25.2. The van der Waals surface area contributed by atoms with Crippen molar-refractivity contribution >= 4 is 30.7 Å². The van der Waals surface area contributed by atoms with Crippen molar-refractivity contribution in [2.45, 2.75) is 58.4 Å². The molecule has 4 aromatic rings. The van der Waals surface area contributed by atoms with Gasteiger partial charge in [-0.15, -0.1) is 0 Å². The molecule has 4 rings (SSSR count).